The summed E-state index contributed by atoms with van der Waals surface area (Å²) in [6.07, 6.45) is 0. The van der Waals surface area contributed by atoms with Gasteiger partial charge in [-0.05, 0) is 79.9 Å². The third-order valence-corrected chi connectivity index (χ3v) is 11.5. The Morgan fingerprint density at radius 3 is 1.30 bits per heavy atom. The van der Waals surface area contributed by atoms with Crippen LogP contribution in [-0.4, -0.2) is 0 Å². The Hall–Kier alpha value is -7.42. The van der Waals surface area contributed by atoms with Crippen LogP contribution in [0.2, 0.25) is 0 Å². The van der Waals surface area contributed by atoms with E-state index in [-0.39, 0.29) is 5.92 Å². The summed E-state index contributed by atoms with van der Waals surface area (Å²) in [5, 5.41) is 4.56. The minimum absolute atomic E-state index is 0.0323. The lowest BCUT2D eigenvalue weighted by Gasteiger charge is -2.20. The highest BCUT2D eigenvalue weighted by Crippen LogP contribution is 2.39. The molecule has 0 saturated carbocycles. The lowest BCUT2D eigenvalue weighted by atomic mass is 9.83. The molecule has 1 unspecified atom stereocenters. The maximum atomic E-state index is 6.41. The number of hydrogen-bond acceptors (Lipinski definition) is 2. The van der Waals surface area contributed by atoms with Crippen molar-refractivity contribution in [3.63, 3.8) is 0 Å². The van der Waals surface area contributed by atoms with Gasteiger partial charge < -0.3 is 8.83 Å². The number of benzene rings is 9. The first kappa shape index (κ1) is 33.0. The van der Waals surface area contributed by atoms with E-state index in [1.54, 1.807) is 0 Å². The molecule has 0 radical (unpaired) electrons. The second-order valence-electron chi connectivity index (χ2n) is 14.8. The number of rotatable bonds is 7. The van der Waals surface area contributed by atoms with Gasteiger partial charge in [-0.25, -0.2) is 0 Å². The average molecular weight is 729 g/mol. The van der Waals surface area contributed by atoms with E-state index < -0.39 is 0 Å². The lowest BCUT2D eigenvalue weighted by molar-refractivity contribution is 0.669. The summed E-state index contributed by atoms with van der Waals surface area (Å²) < 4.78 is 12.5. The lowest BCUT2D eigenvalue weighted by Crippen LogP contribution is -2.03. The fourth-order valence-electron chi connectivity index (χ4n) is 8.53. The molecule has 2 nitrogen and oxygen atoms in total. The predicted molar refractivity (Wildman–Crippen MR) is 237 cm³/mol. The van der Waals surface area contributed by atoms with Crippen molar-refractivity contribution in [2.45, 2.75) is 5.92 Å². The molecule has 268 valence electrons. The molecule has 0 aliphatic carbocycles. The number of furan rings is 2. The quantitative estimate of drug-likeness (QED) is 0.153. The monoisotopic (exact) mass is 728 g/mol. The first-order chi connectivity index (χ1) is 28.2. The molecule has 2 heteroatoms. The summed E-state index contributed by atoms with van der Waals surface area (Å²) in [5.41, 5.74) is 16.8. The average Bonchev–Trinajstić information content (AvgIpc) is 3.86. The Balaban J connectivity index is 0.960. The maximum absolute atomic E-state index is 6.41. The van der Waals surface area contributed by atoms with E-state index in [0.717, 1.165) is 55.0 Å². The van der Waals surface area contributed by atoms with Crippen molar-refractivity contribution in [2.75, 3.05) is 0 Å². The Morgan fingerprint density at radius 1 is 0.263 bits per heavy atom. The molecule has 1 atom stereocenters. The molecule has 9 aromatic carbocycles. The zero-order chi connectivity index (χ0) is 37.7. The number of hydrogen-bond donors (Lipinski definition) is 0. The molecule has 0 amide bonds. The summed E-state index contributed by atoms with van der Waals surface area (Å²) in [5.74, 6) is 0.0323. The molecular weight excluding hydrogens is 693 g/mol. The molecular formula is C55H36O2. The Morgan fingerprint density at radius 2 is 0.684 bits per heavy atom. The molecule has 0 fully saturated rings. The van der Waals surface area contributed by atoms with E-state index in [2.05, 4.69) is 188 Å². The van der Waals surface area contributed by atoms with Gasteiger partial charge in [0.2, 0.25) is 0 Å². The second-order valence-corrected chi connectivity index (χ2v) is 14.8. The van der Waals surface area contributed by atoms with Gasteiger partial charge in [-0.15, -0.1) is 0 Å². The van der Waals surface area contributed by atoms with Crippen molar-refractivity contribution in [3.05, 3.63) is 229 Å². The Kier molecular flexibility index (Phi) is 7.93. The van der Waals surface area contributed by atoms with E-state index in [9.17, 15) is 0 Å². The van der Waals surface area contributed by atoms with E-state index in [1.807, 2.05) is 24.3 Å². The number of para-hydroxylation sites is 3. The van der Waals surface area contributed by atoms with Crippen molar-refractivity contribution < 1.29 is 8.83 Å². The molecule has 2 heterocycles. The Bertz CT molecular complexity index is 3190. The Labute approximate surface area is 330 Å². The molecule has 0 bridgehead atoms. The molecule has 11 aromatic rings. The van der Waals surface area contributed by atoms with Crippen LogP contribution < -0.4 is 0 Å². The summed E-state index contributed by atoms with van der Waals surface area (Å²) >= 11 is 0. The highest BCUT2D eigenvalue weighted by molar-refractivity contribution is 6.09. The van der Waals surface area contributed by atoms with Gasteiger partial charge in [-0.3, -0.25) is 0 Å². The topological polar surface area (TPSA) is 26.3 Å². The van der Waals surface area contributed by atoms with E-state index >= 15 is 0 Å². The summed E-state index contributed by atoms with van der Waals surface area (Å²) in [4.78, 5) is 0. The first-order valence-electron chi connectivity index (χ1n) is 19.5. The third kappa shape index (κ3) is 5.91. The molecule has 57 heavy (non-hydrogen) atoms. The van der Waals surface area contributed by atoms with Gasteiger partial charge in [0.05, 0.1) is 0 Å². The van der Waals surface area contributed by atoms with Crippen molar-refractivity contribution in [1.82, 2.24) is 0 Å². The first-order valence-corrected chi connectivity index (χ1v) is 19.5. The normalized spacial score (nSPS) is 12.1. The molecule has 0 spiro atoms. The molecule has 0 aliphatic rings. The highest BCUT2D eigenvalue weighted by atomic mass is 16.3. The molecule has 2 aromatic heterocycles. The highest BCUT2D eigenvalue weighted by Gasteiger charge is 2.19. The van der Waals surface area contributed by atoms with Crippen LogP contribution in [0.25, 0.3) is 88.4 Å². The van der Waals surface area contributed by atoms with Gasteiger partial charge in [0.25, 0.3) is 0 Å². The summed E-state index contributed by atoms with van der Waals surface area (Å²) in [7, 11) is 0. The van der Waals surface area contributed by atoms with E-state index in [0.29, 0.717) is 0 Å². The minimum Gasteiger partial charge on any atom is -0.456 e. The van der Waals surface area contributed by atoms with Crippen LogP contribution in [0.4, 0.5) is 0 Å². The van der Waals surface area contributed by atoms with Crippen LogP contribution in [-0.2, 0) is 0 Å². The largest absolute Gasteiger partial charge is 0.456 e. The SMILES string of the molecule is c1ccc(-c2ccc(-c3ccc(C(c4ccc(-c5ccc6oc7ccccc7c6c5)cc4)c4ccc(-c5cccc6c5oc5ccccc56)cc4)cc3)cc2)cc1. The zero-order valence-corrected chi connectivity index (χ0v) is 31.1. The molecule has 0 saturated heterocycles. The van der Waals surface area contributed by atoms with Crippen molar-refractivity contribution >= 4 is 43.9 Å². The van der Waals surface area contributed by atoms with Crippen LogP contribution >= 0.6 is 0 Å². The molecule has 0 N–H and O–H groups in total. The van der Waals surface area contributed by atoms with Gasteiger partial charge in [0, 0.05) is 33.0 Å². The molecule has 11 rings (SSSR count). The van der Waals surface area contributed by atoms with Crippen LogP contribution in [0.5, 0.6) is 0 Å². The fourth-order valence-corrected chi connectivity index (χ4v) is 8.53. The van der Waals surface area contributed by atoms with E-state index in [4.69, 9.17) is 8.83 Å². The number of fused-ring (bicyclic) bond motifs is 6. The standard InChI is InChI=1S/C55H36O2/c1-2-9-36(10-3-1)37-17-19-38(20-18-37)39-21-27-42(28-22-39)54(43-29-23-40(24-30-43)45-33-34-53-50(35-45)48-12-5-6-15-51(48)56-53)44-31-25-41(26-32-44)46-13-8-14-49-47-11-4-7-16-52(47)57-55(46)49/h1-35,54H. The van der Waals surface area contributed by atoms with Gasteiger partial charge in [0.1, 0.15) is 22.3 Å². The smallest absolute Gasteiger partial charge is 0.143 e. The van der Waals surface area contributed by atoms with Crippen molar-refractivity contribution in [2.24, 2.45) is 0 Å². The predicted octanol–water partition coefficient (Wildman–Crippen LogP) is 15.3. The maximum Gasteiger partial charge on any atom is 0.143 e. The zero-order valence-electron chi connectivity index (χ0n) is 31.1. The van der Waals surface area contributed by atoms with Crippen molar-refractivity contribution in [1.29, 1.82) is 0 Å². The fraction of sp³-hybridized carbons (Fsp3) is 0.0182. The van der Waals surface area contributed by atoms with Gasteiger partial charge in [-0.2, -0.15) is 0 Å². The van der Waals surface area contributed by atoms with Crippen LogP contribution in [0.15, 0.2) is 221 Å². The van der Waals surface area contributed by atoms with Crippen LogP contribution in [0, 0.1) is 0 Å². The minimum atomic E-state index is 0.0323. The van der Waals surface area contributed by atoms with Crippen LogP contribution in [0.3, 0.4) is 0 Å². The molecule has 0 aliphatic heterocycles. The van der Waals surface area contributed by atoms with Gasteiger partial charge in [0.15, 0.2) is 0 Å². The summed E-state index contributed by atoms with van der Waals surface area (Å²) in [6, 6.07) is 76.1. The van der Waals surface area contributed by atoms with Crippen molar-refractivity contribution in [3.8, 4) is 44.5 Å². The third-order valence-electron chi connectivity index (χ3n) is 11.5. The summed E-state index contributed by atoms with van der Waals surface area (Å²) in [6.45, 7) is 0. The van der Waals surface area contributed by atoms with Gasteiger partial charge >= 0.3 is 0 Å². The second kappa shape index (κ2) is 13.7. The van der Waals surface area contributed by atoms with Crippen LogP contribution in [0.1, 0.15) is 22.6 Å². The van der Waals surface area contributed by atoms with E-state index in [1.165, 1.54) is 50.1 Å². The van der Waals surface area contributed by atoms with Gasteiger partial charge in [-0.1, -0.05) is 188 Å².